The van der Waals surface area contributed by atoms with Crippen molar-refractivity contribution in [3.05, 3.63) is 29.3 Å². The number of rotatable bonds is 5. The molecule has 0 saturated carbocycles. The molecule has 2 aliphatic heterocycles. The summed E-state index contributed by atoms with van der Waals surface area (Å²) in [4.78, 5) is 29.1. The van der Waals surface area contributed by atoms with Crippen LogP contribution in [0, 0.1) is 6.92 Å². The first kappa shape index (κ1) is 25.1. The van der Waals surface area contributed by atoms with E-state index in [2.05, 4.69) is 9.64 Å². The van der Waals surface area contributed by atoms with Gasteiger partial charge in [0.25, 0.3) is 0 Å². The number of hydrogen-bond donors (Lipinski definition) is 1. The van der Waals surface area contributed by atoms with Gasteiger partial charge in [0.15, 0.2) is 11.7 Å². The summed E-state index contributed by atoms with van der Waals surface area (Å²) in [6.07, 6.45) is -7.70. The van der Waals surface area contributed by atoms with Crippen LogP contribution in [0.2, 0.25) is 0 Å². The van der Waals surface area contributed by atoms with Crippen LogP contribution in [0.1, 0.15) is 25.0 Å². The summed E-state index contributed by atoms with van der Waals surface area (Å²) in [5, 5.41) is 9.55. The first-order chi connectivity index (χ1) is 15.4. The van der Waals surface area contributed by atoms with Gasteiger partial charge in [-0.1, -0.05) is 12.1 Å². The van der Waals surface area contributed by atoms with Gasteiger partial charge in [-0.25, -0.2) is 9.59 Å². The third kappa shape index (κ3) is 6.08. The number of hydrogen-bond acceptors (Lipinski definition) is 6. The maximum Gasteiger partial charge on any atom is 0.425 e. The molecule has 2 unspecified atom stereocenters. The largest absolute Gasteiger partial charge is 0.479 e. The first-order valence-electron chi connectivity index (χ1n) is 10.9. The molecule has 1 aromatic carbocycles. The molecule has 8 nitrogen and oxygen atoms in total. The van der Waals surface area contributed by atoms with Gasteiger partial charge in [-0.2, -0.15) is 13.2 Å². The molecule has 2 heterocycles. The standard InChI is InChI=1S/C22H30F3N3O5/c1-15-4-5-17(18(12-15)28-10-11-32-21(3,14-28)19(29)30)13-26-6-8-27(9-7-26)20(31)33-16(2)22(23,24)25/h4-5,12,16H,6-11,13-14H2,1-3H3,(H,29,30). The summed E-state index contributed by atoms with van der Waals surface area (Å²) in [5.74, 6) is -1.01. The topological polar surface area (TPSA) is 82.5 Å². The predicted octanol–water partition coefficient (Wildman–Crippen LogP) is 2.88. The Hall–Kier alpha value is -2.53. The Labute approximate surface area is 190 Å². The predicted molar refractivity (Wildman–Crippen MR) is 114 cm³/mol. The molecular weight excluding hydrogens is 443 g/mol. The Morgan fingerprint density at radius 3 is 2.48 bits per heavy atom. The van der Waals surface area contributed by atoms with Crippen molar-refractivity contribution in [3.8, 4) is 0 Å². The van der Waals surface area contributed by atoms with Crippen LogP contribution in [0.4, 0.5) is 23.7 Å². The number of nitrogens with zero attached hydrogens (tertiary/aromatic N) is 3. The second-order valence-corrected chi connectivity index (χ2v) is 8.77. The Balaban J connectivity index is 1.63. The highest BCUT2D eigenvalue weighted by molar-refractivity contribution is 5.78. The van der Waals surface area contributed by atoms with Gasteiger partial charge in [-0.05, 0) is 38.0 Å². The van der Waals surface area contributed by atoms with E-state index < -0.39 is 29.9 Å². The molecular formula is C22H30F3N3O5. The SMILES string of the molecule is Cc1ccc(CN2CCN(C(=O)OC(C)C(F)(F)F)CC2)c(N2CCOC(C)(C(=O)O)C2)c1. The van der Waals surface area contributed by atoms with Gasteiger partial charge in [0.1, 0.15) is 0 Å². The Morgan fingerprint density at radius 1 is 1.21 bits per heavy atom. The van der Waals surface area contributed by atoms with E-state index >= 15 is 0 Å². The molecule has 1 aromatic rings. The maximum absolute atomic E-state index is 12.6. The summed E-state index contributed by atoms with van der Waals surface area (Å²) in [6, 6.07) is 6.01. The van der Waals surface area contributed by atoms with Gasteiger partial charge in [-0.15, -0.1) is 0 Å². The van der Waals surface area contributed by atoms with Crippen LogP contribution < -0.4 is 4.90 Å². The summed E-state index contributed by atoms with van der Waals surface area (Å²) >= 11 is 0. The van der Waals surface area contributed by atoms with Gasteiger partial charge < -0.3 is 24.4 Å². The van der Waals surface area contributed by atoms with Crippen molar-refractivity contribution in [3.63, 3.8) is 0 Å². The zero-order valence-electron chi connectivity index (χ0n) is 19.0. The van der Waals surface area contributed by atoms with Crippen LogP contribution >= 0.6 is 0 Å². The van der Waals surface area contributed by atoms with Gasteiger partial charge in [0, 0.05) is 45.0 Å². The average Bonchev–Trinajstić information content (AvgIpc) is 2.74. The minimum Gasteiger partial charge on any atom is -0.479 e. The van der Waals surface area contributed by atoms with E-state index in [1.54, 1.807) is 6.92 Å². The number of carboxylic acid groups (broad SMARTS) is 1. The van der Waals surface area contributed by atoms with E-state index in [1.807, 2.05) is 30.0 Å². The first-order valence-corrected chi connectivity index (χ1v) is 10.9. The van der Waals surface area contributed by atoms with Crippen molar-refractivity contribution in [2.45, 2.75) is 45.2 Å². The molecule has 184 valence electrons. The van der Waals surface area contributed by atoms with E-state index in [-0.39, 0.29) is 19.6 Å². The van der Waals surface area contributed by atoms with Crippen molar-refractivity contribution in [1.29, 1.82) is 0 Å². The van der Waals surface area contributed by atoms with E-state index in [4.69, 9.17) is 4.74 Å². The number of ether oxygens (including phenoxy) is 2. The molecule has 2 aliphatic rings. The van der Waals surface area contributed by atoms with Crippen molar-refractivity contribution < 1.29 is 37.3 Å². The Bertz CT molecular complexity index is 873. The number of amides is 1. The lowest BCUT2D eigenvalue weighted by Crippen LogP contribution is -2.55. The summed E-state index contributed by atoms with van der Waals surface area (Å²) in [7, 11) is 0. The van der Waals surface area contributed by atoms with Crippen molar-refractivity contribution in [2.75, 3.05) is 50.8 Å². The number of carbonyl (C=O) groups is 2. The van der Waals surface area contributed by atoms with Gasteiger partial charge in [-0.3, -0.25) is 4.90 Å². The fourth-order valence-electron chi connectivity index (χ4n) is 3.93. The minimum absolute atomic E-state index is 0.218. The molecule has 1 N–H and O–H groups in total. The zero-order chi connectivity index (χ0) is 24.4. The second kappa shape index (κ2) is 9.76. The van der Waals surface area contributed by atoms with Crippen LogP contribution in [0.25, 0.3) is 0 Å². The molecule has 2 fully saturated rings. The lowest BCUT2D eigenvalue weighted by atomic mass is 10.0. The fraction of sp³-hybridized carbons (Fsp3) is 0.636. The molecule has 0 radical (unpaired) electrons. The molecule has 11 heteroatoms. The van der Waals surface area contributed by atoms with Crippen LogP contribution in [0.3, 0.4) is 0 Å². The zero-order valence-corrected chi connectivity index (χ0v) is 19.0. The maximum atomic E-state index is 12.6. The fourth-order valence-corrected chi connectivity index (χ4v) is 3.93. The average molecular weight is 473 g/mol. The number of carboxylic acids is 1. The number of piperazine rings is 1. The third-order valence-electron chi connectivity index (χ3n) is 6.07. The highest BCUT2D eigenvalue weighted by Crippen LogP contribution is 2.29. The molecule has 0 aliphatic carbocycles. The number of aryl methyl sites for hydroxylation is 1. The molecule has 33 heavy (non-hydrogen) atoms. The summed E-state index contributed by atoms with van der Waals surface area (Å²) in [5.41, 5.74) is 1.70. The van der Waals surface area contributed by atoms with E-state index in [0.717, 1.165) is 23.7 Å². The lowest BCUT2D eigenvalue weighted by molar-refractivity contribution is -0.200. The van der Waals surface area contributed by atoms with Crippen LogP contribution in [0.5, 0.6) is 0 Å². The van der Waals surface area contributed by atoms with Gasteiger partial charge in [0.2, 0.25) is 0 Å². The quantitative estimate of drug-likeness (QED) is 0.704. The van der Waals surface area contributed by atoms with Crippen molar-refractivity contribution >= 4 is 17.7 Å². The number of carbonyl (C=O) groups excluding carboxylic acids is 1. The normalized spacial score (nSPS) is 23.3. The van der Waals surface area contributed by atoms with E-state index in [9.17, 15) is 27.9 Å². The second-order valence-electron chi connectivity index (χ2n) is 8.77. The molecule has 3 rings (SSSR count). The van der Waals surface area contributed by atoms with Gasteiger partial charge in [0.05, 0.1) is 13.2 Å². The molecule has 2 saturated heterocycles. The highest BCUT2D eigenvalue weighted by atomic mass is 19.4. The molecule has 1 amide bonds. The molecule has 0 bridgehead atoms. The summed E-state index contributed by atoms with van der Waals surface area (Å²) < 4.78 is 48.0. The Kier molecular flexibility index (Phi) is 7.42. The molecule has 0 aromatic heterocycles. The third-order valence-corrected chi connectivity index (χ3v) is 6.07. The smallest absolute Gasteiger partial charge is 0.425 e. The number of alkyl halides is 3. The monoisotopic (exact) mass is 473 g/mol. The molecule has 0 spiro atoms. The van der Waals surface area contributed by atoms with Crippen molar-refractivity contribution in [2.24, 2.45) is 0 Å². The number of benzene rings is 1. The Morgan fingerprint density at radius 2 is 1.88 bits per heavy atom. The lowest BCUT2D eigenvalue weighted by Gasteiger charge is -2.40. The number of aliphatic carboxylic acids is 1. The van der Waals surface area contributed by atoms with Crippen molar-refractivity contribution in [1.82, 2.24) is 9.80 Å². The van der Waals surface area contributed by atoms with Crippen LogP contribution in [-0.4, -0.2) is 90.7 Å². The highest BCUT2D eigenvalue weighted by Gasteiger charge is 2.41. The van der Waals surface area contributed by atoms with E-state index in [0.29, 0.717) is 32.8 Å². The van der Waals surface area contributed by atoms with Crippen LogP contribution in [-0.2, 0) is 20.8 Å². The van der Waals surface area contributed by atoms with Crippen LogP contribution in [0.15, 0.2) is 18.2 Å². The van der Waals surface area contributed by atoms with Gasteiger partial charge >= 0.3 is 18.2 Å². The number of anilines is 1. The number of halogens is 3. The van der Waals surface area contributed by atoms with E-state index in [1.165, 1.54) is 4.90 Å². The molecule has 2 atom stereocenters. The number of morpholine rings is 1. The minimum atomic E-state index is -4.59. The summed E-state index contributed by atoms with van der Waals surface area (Å²) in [6.45, 7) is 7.49.